The first-order valence-electron chi connectivity index (χ1n) is 18.1. The number of hydrogen-bond acceptors (Lipinski definition) is 8. The van der Waals surface area contributed by atoms with Crippen LogP contribution in [0.15, 0.2) is 121 Å². The Morgan fingerprint density at radius 1 is 0.769 bits per heavy atom. The molecule has 4 aromatic carbocycles. The quantitative estimate of drug-likeness (QED) is 0.115. The number of methoxy groups -OCH3 is 2. The Balaban J connectivity index is 1.15. The normalized spacial score (nSPS) is 16.2. The summed E-state index contributed by atoms with van der Waals surface area (Å²) in [6.07, 6.45) is 3.66. The number of nitrogen functional groups attached to an aromatic ring is 1. The summed E-state index contributed by atoms with van der Waals surface area (Å²) >= 11 is 0. The zero-order valence-corrected chi connectivity index (χ0v) is 32.0. The van der Waals surface area contributed by atoms with E-state index in [4.69, 9.17) is 29.4 Å². The summed E-state index contributed by atoms with van der Waals surface area (Å²) < 4.78 is 24.5. The summed E-state index contributed by atoms with van der Waals surface area (Å²) in [7, 11) is 0.716. The summed E-state index contributed by atoms with van der Waals surface area (Å²) in [4.78, 5) is 7.00. The molecule has 9 heteroatoms. The predicted octanol–water partition coefficient (Wildman–Crippen LogP) is 7.42. The fourth-order valence-electron chi connectivity index (χ4n) is 7.20. The van der Waals surface area contributed by atoms with E-state index in [-0.39, 0.29) is 17.2 Å². The van der Waals surface area contributed by atoms with Crippen LogP contribution in [0, 0.1) is 0 Å². The van der Waals surface area contributed by atoms with Crippen LogP contribution in [-0.4, -0.2) is 52.9 Å². The van der Waals surface area contributed by atoms with Gasteiger partial charge in [0.1, 0.15) is 11.5 Å². The molecule has 1 aliphatic rings. The summed E-state index contributed by atoms with van der Waals surface area (Å²) in [5.74, 6) is 2.37. The number of pyridine rings is 1. The van der Waals surface area contributed by atoms with E-state index in [9.17, 15) is 0 Å². The first kappa shape index (κ1) is 36.9. The molecule has 0 aliphatic carbocycles. The minimum Gasteiger partial charge on any atom is -0.497 e. The highest BCUT2D eigenvalue weighted by Crippen LogP contribution is 2.37. The first-order chi connectivity index (χ1) is 25.2. The van der Waals surface area contributed by atoms with Crippen molar-refractivity contribution in [3.63, 3.8) is 0 Å². The Bertz CT molecular complexity index is 1750. The van der Waals surface area contributed by atoms with E-state index in [2.05, 4.69) is 116 Å². The number of aromatic nitrogens is 1. The highest BCUT2D eigenvalue weighted by atomic mass is 28.4. The first-order valence-corrected chi connectivity index (χ1v) is 20.0. The van der Waals surface area contributed by atoms with Crippen molar-refractivity contribution in [3.8, 4) is 11.5 Å². The van der Waals surface area contributed by atoms with Gasteiger partial charge in [-0.05, 0) is 69.7 Å². The van der Waals surface area contributed by atoms with Crippen LogP contribution >= 0.6 is 0 Å². The monoisotopic (exact) mass is 716 g/mol. The third kappa shape index (κ3) is 8.44. The Hall–Kier alpha value is -4.83. The summed E-state index contributed by atoms with van der Waals surface area (Å²) in [5, 5.41) is 6.16. The van der Waals surface area contributed by atoms with E-state index in [0.29, 0.717) is 32.0 Å². The molecule has 0 spiro atoms. The van der Waals surface area contributed by atoms with Crippen LogP contribution in [0.1, 0.15) is 44.7 Å². The van der Waals surface area contributed by atoms with Crippen LogP contribution in [0.25, 0.3) is 0 Å². The Morgan fingerprint density at radius 3 is 1.77 bits per heavy atom. The van der Waals surface area contributed by atoms with Gasteiger partial charge >= 0.3 is 0 Å². The molecule has 1 saturated heterocycles. The van der Waals surface area contributed by atoms with Crippen LogP contribution in [0.3, 0.4) is 0 Å². The van der Waals surface area contributed by atoms with Crippen LogP contribution < -0.4 is 35.8 Å². The molecule has 1 fully saturated rings. The van der Waals surface area contributed by atoms with Gasteiger partial charge in [0, 0.05) is 25.3 Å². The second-order valence-corrected chi connectivity index (χ2v) is 18.8. The number of hydrogen-bond donors (Lipinski definition) is 2. The van der Waals surface area contributed by atoms with Crippen molar-refractivity contribution in [2.24, 2.45) is 0 Å². The third-order valence-corrected chi connectivity index (χ3v) is 15.0. The second-order valence-electron chi connectivity index (χ2n) is 14.5. The van der Waals surface area contributed by atoms with E-state index in [1.165, 1.54) is 10.4 Å². The minimum atomic E-state index is -2.64. The van der Waals surface area contributed by atoms with E-state index >= 15 is 0 Å². The average Bonchev–Trinajstić information content (AvgIpc) is 3.17. The maximum Gasteiger partial charge on any atom is 0.261 e. The Kier molecular flexibility index (Phi) is 11.8. The molecule has 1 aromatic heterocycles. The molecule has 1 aliphatic heterocycles. The van der Waals surface area contributed by atoms with E-state index < -0.39 is 8.32 Å². The highest BCUT2D eigenvalue weighted by molar-refractivity contribution is 6.99. The molecule has 0 amide bonds. The van der Waals surface area contributed by atoms with Crippen molar-refractivity contribution in [1.29, 1.82) is 0 Å². The van der Waals surface area contributed by atoms with Crippen molar-refractivity contribution < 1.29 is 18.6 Å². The fraction of sp³-hybridized carbons (Fsp3) is 0.326. The van der Waals surface area contributed by atoms with Crippen molar-refractivity contribution >= 4 is 35.9 Å². The largest absolute Gasteiger partial charge is 0.497 e. The molecular formula is C43H52N4O4Si. The van der Waals surface area contributed by atoms with Gasteiger partial charge in [0.2, 0.25) is 0 Å². The lowest BCUT2D eigenvalue weighted by atomic mass is 10.0. The second kappa shape index (κ2) is 16.7. The van der Waals surface area contributed by atoms with Gasteiger partial charge in [-0.25, -0.2) is 4.98 Å². The van der Waals surface area contributed by atoms with E-state index in [1.807, 2.05) is 36.5 Å². The lowest BCUT2D eigenvalue weighted by Crippen LogP contribution is -2.67. The summed E-state index contributed by atoms with van der Waals surface area (Å²) in [6.45, 7) is 9.28. The van der Waals surface area contributed by atoms with Crippen molar-refractivity contribution in [3.05, 3.63) is 133 Å². The third-order valence-electron chi connectivity index (χ3n) is 9.97. The van der Waals surface area contributed by atoms with Crippen LogP contribution in [0.5, 0.6) is 11.5 Å². The molecule has 272 valence electrons. The standard InChI is InChI=1S/C43H52N4O4Si/c1-43(2,3)52(38-12-8-6-9-13-38,39-14-10-7-11-15-39)51-31-37-25-20-34(30-50-37)46-40-26-27-45-42(41(40)44)47(28-32-16-21-35(48-4)22-17-32)29-33-18-23-36(49-5)24-19-33/h6-19,21-24,26-27,34,37H,20,25,28-31,44H2,1-5H3,(H,45,46). The van der Waals surface area contributed by atoms with E-state index in [0.717, 1.165) is 47.0 Å². The van der Waals surface area contributed by atoms with Gasteiger partial charge < -0.3 is 34.6 Å². The number of anilines is 3. The van der Waals surface area contributed by atoms with Gasteiger partial charge in [-0.3, -0.25) is 0 Å². The molecule has 0 saturated carbocycles. The number of nitrogens with one attached hydrogen (secondary N) is 1. The molecule has 2 heterocycles. The molecule has 2 unspecified atom stereocenters. The lowest BCUT2D eigenvalue weighted by Gasteiger charge is -2.44. The Labute approximate surface area is 310 Å². The van der Waals surface area contributed by atoms with Gasteiger partial charge in [-0.2, -0.15) is 0 Å². The van der Waals surface area contributed by atoms with Gasteiger partial charge in [-0.1, -0.05) is 106 Å². The maximum atomic E-state index is 7.19. The number of nitrogens with zero attached hydrogens (tertiary/aromatic N) is 2. The molecule has 52 heavy (non-hydrogen) atoms. The van der Waals surface area contributed by atoms with Crippen LogP contribution in [-0.2, 0) is 22.3 Å². The zero-order chi connectivity index (χ0) is 36.6. The molecule has 5 aromatic rings. The molecule has 0 bridgehead atoms. The minimum absolute atomic E-state index is 0.00883. The van der Waals surface area contributed by atoms with Gasteiger partial charge in [0.05, 0.1) is 44.9 Å². The number of rotatable bonds is 14. The van der Waals surface area contributed by atoms with Crippen molar-refractivity contribution in [2.75, 3.05) is 43.4 Å². The smallest absolute Gasteiger partial charge is 0.261 e. The van der Waals surface area contributed by atoms with Crippen LogP contribution in [0.4, 0.5) is 17.2 Å². The van der Waals surface area contributed by atoms with E-state index in [1.54, 1.807) is 14.2 Å². The molecule has 3 N–H and O–H groups in total. The van der Waals surface area contributed by atoms with Gasteiger partial charge in [-0.15, -0.1) is 0 Å². The van der Waals surface area contributed by atoms with Crippen molar-refractivity contribution in [1.82, 2.24) is 4.98 Å². The average molecular weight is 717 g/mol. The summed E-state index contributed by atoms with van der Waals surface area (Å²) in [6, 6.07) is 39.8. The molecular weight excluding hydrogens is 665 g/mol. The molecule has 8 nitrogen and oxygen atoms in total. The highest BCUT2D eigenvalue weighted by Gasteiger charge is 2.50. The lowest BCUT2D eigenvalue weighted by molar-refractivity contribution is -0.0185. The van der Waals surface area contributed by atoms with Gasteiger partial charge in [0.25, 0.3) is 8.32 Å². The van der Waals surface area contributed by atoms with Crippen molar-refractivity contribution in [2.45, 2.75) is 63.9 Å². The summed E-state index contributed by atoms with van der Waals surface area (Å²) in [5.41, 5.74) is 10.6. The van der Waals surface area contributed by atoms with Gasteiger partial charge in [0.15, 0.2) is 5.82 Å². The molecule has 2 atom stereocenters. The maximum absolute atomic E-state index is 7.19. The predicted molar refractivity (Wildman–Crippen MR) is 214 cm³/mol. The number of nitrogens with two attached hydrogens (primary N) is 1. The Morgan fingerprint density at radius 2 is 1.31 bits per heavy atom. The topological polar surface area (TPSA) is 91.1 Å². The molecule has 0 radical (unpaired) electrons. The molecule has 6 rings (SSSR count). The number of benzene rings is 4. The zero-order valence-electron chi connectivity index (χ0n) is 31.0. The number of ether oxygens (including phenoxy) is 3. The fourth-order valence-corrected chi connectivity index (χ4v) is 11.8. The SMILES string of the molecule is COc1ccc(CN(Cc2ccc(OC)cc2)c2nccc(NC3CCC(CO[Si](c4ccccc4)(c4ccccc4)C(C)(C)C)OC3)c2N)cc1. The van der Waals surface area contributed by atoms with Crippen LogP contribution in [0.2, 0.25) is 5.04 Å².